The van der Waals surface area contributed by atoms with Crippen molar-refractivity contribution in [2.24, 2.45) is 4.99 Å². The highest BCUT2D eigenvalue weighted by atomic mass is 35.5. The van der Waals surface area contributed by atoms with Crippen LogP contribution in [0.25, 0.3) is 10.2 Å². The second-order valence-corrected chi connectivity index (χ2v) is 6.31. The van der Waals surface area contributed by atoms with Crippen molar-refractivity contribution < 1.29 is 0 Å². The molecular formula is C16H13ClN4S. The zero-order valence-electron chi connectivity index (χ0n) is 11.6. The van der Waals surface area contributed by atoms with Gasteiger partial charge in [0, 0.05) is 28.8 Å². The zero-order chi connectivity index (χ0) is 14.9. The number of aliphatic imine (C=N–C) groups is 1. The third kappa shape index (κ3) is 2.42. The van der Waals surface area contributed by atoms with Crippen LogP contribution in [0.5, 0.6) is 0 Å². The molecule has 110 valence electrons. The predicted molar refractivity (Wildman–Crippen MR) is 93.8 cm³/mol. The highest BCUT2D eigenvalue weighted by molar-refractivity contribution is 7.16. The van der Waals surface area contributed by atoms with Gasteiger partial charge in [0.15, 0.2) is 0 Å². The minimum atomic E-state index is 0.725. The van der Waals surface area contributed by atoms with Gasteiger partial charge >= 0.3 is 0 Å². The second kappa shape index (κ2) is 5.59. The number of hydrogen-bond donors (Lipinski definition) is 2. The standard InChI is InChI=1S/C16H13ClN4S/c17-10-1-3-11(4-2-10)21-14-12-5-8-22-16(12)20-9-13(14)15-18-6-7-19-15/h1-5,8-9H,6-7H2,(H,18,19)(H,20,21). The molecule has 0 bridgehead atoms. The van der Waals surface area contributed by atoms with Crippen molar-refractivity contribution in [3.63, 3.8) is 0 Å². The number of benzene rings is 1. The van der Waals surface area contributed by atoms with Crippen LogP contribution in [-0.2, 0) is 0 Å². The molecule has 0 amide bonds. The third-order valence-corrected chi connectivity index (χ3v) is 4.61. The van der Waals surface area contributed by atoms with E-state index in [4.69, 9.17) is 11.6 Å². The van der Waals surface area contributed by atoms with Crippen LogP contribution in [0.2, 0.25) is 5.02 Å². The van der Waals surface area contributed by atoms with E-state index in [2.05, 4.69) is 32.1 Å². The maximum absolute atomic E-state index is 5.96. The van der Waals surface area contributed by atoms with E-state index in [1.54, 1.807) is 11.3 Å². The van der Waals surface area contributed by atoms with Crippen LogP contribution in [0.4, 0.5) is 11.4 Å². The van der Waals surface area contributed by atoms with Crippen molar-refractivity contribution in [3.8, 4) is 0 Å². The van der Waals surface area contributed by atoms with Gasteiger partial charge in [-0.2, -0.15) is 0 Å². The van der Waals surface area contributed by atoms with Crippen LogP contribution in [0.3, 0.4) is 0 Å². The number of fused-ring (bicyclic) bond motifs is 1. The lowest BCUT2D eigenvalue weighted by Gasteiger charge is -2.13. The van der Waals surface area contributed by atoms with Crippen LogP contribution in [0, 0.1) is 0 Å². The number of nitrogens with zero attached hydrogens (tertiary/aromatic N) is 2. The third-order valence-electron chi connectivity index (χ3n) is 3.54. The van der Waals surface area contributed by atoms with Gasteiger partial charge < -0.3 is 10.6 Å². The van der Waals surface area contributed by atoms with Crippen LogP contribution in [0.15, 0.2) is 46.9 Å². The number of anilines is 2. The van der Waals surface area contributed by atoms with Gasteiger partial charge in [0.25, 0.3) is 0 Å². The van der Waals surface area contributed by atoms with Crippen molar-refractivity contribution in [1.29, 1.82) is 0 Å². The molecule has 4 nitrogen and oxygen atoms in total. The molecule has 1 aliphatic rings. The molecule has 22 heavy (non-hydrogen) atoms. The van der Waals surface area contributed by atoms with Crippen LogP contribution in [0.1, 0.15) is 5.56 Å². The Morgan fingerprint density at radius 2 is 2.05 bits per heavy atom. The molecule has 3 aromatic rings. The Kier molecular flexibility index (Phi) is 3.44. The molecule has 0 atom stereocenters. The average molecular weight is 329 g/mol. The van der Waals surface area contributed by atoms with Gasteiger partial charge in [0.05, 0.1) is 17.8 Å². The summed E-state index contributed by atoms with van der Waals surface area (Å²) in [4.78, 5) is 10.1. The monoisotopic (exact) mass is 328 g/mol. The fourth-order valence-corrected chi connectivity index (χ4v) is 3.36. The van der Waals surface area contributed by atoms with Crippen LogP contribution >= 0.6 is 22.9 Å². The fourth-order valence-electron chi connectivity index (χ4n) is 2.49. The van der Waals surface area contributed by atoms with Crippen molar-refractivity contribution in [1.82, 2.24) is 10.3 Å². The lowest BCUT2D eigenvalue weighted by molar-refractivity contribution is 0.960. The Morgan fingerprint density at radius 3 is 2.82 bits per heavy atom. The first-order chi connectivity index (χ1) is 10.8. The number of hydrogen-bond acceptors (Lipinski definition) is 5. The molecule has 0 spiro atoms. The summed E-state index contributed by atoms with van der Waals surface area (Å²) in [5.74, 6) is 0.900. The number of thiophene rings is 1. The first kappa shape index (κ1) is 13.5. The number of halogens is 1. The molecule has 6 heteroatoms. The summed E-state index contributed by atoms with van der Waals surface area (Å²) >= 11 is 7.60. The first-order valence-corrected chi connectivity index (χ1v) is 8.24. The Hall–Kier alpha value is -2.11. The number of aromatic nitrogens is 1. The molecule has 3 heterocycles. The number of pyridine rings is 1. The second-order valence-electron chi connectivity index (χ2n) is 4.98. The molecule has 2 aromatic heterocycles. The maximum Gasteiger partial charge on any atom is 0.132 e. The van der Waals surface area contributed by atoms with Crippen LogP contribution < -0.4 is 10.6 Å². The van der Waals surface area contributed by atoms with Gasteiger partial charge in [-0.25, -0.2) is 4.98 Å². The smallest absolute Gasteiger partial charge is 0.132 e. The Balaban J connectivity index is 1.83. The topological polar surface area (TPSA) is 49.3 Å². The Labute approximate surface area is 136 Å². The van der Waals surface area contributed by atoms with Gasteiger partial charge in [0.2, 0.25) is 0 Å². The molecular weight excluding hydrogens is 316 g/mol. The van der Waals surface area contributed by atoms with Crippen molar-refractivity contribution in [3.05, 3.63) is 52.5 Å². The van der Waals surface area contributed by atoms with Gasteiger partial charge in [0.1, 0.15) is 10.7 Å². The van der Waals surface area contributed by atoms with E-state index in [-0.39, 0.29) is 0 Å². The number of rotatable bonds is 3. The number of nitrogens with one attached hydrogen (secondary N) is 2. The quantitative estimate of drug-likeness (QED) is 0.762. The van der Waals surface area contributed by atoms with E-state index in [0.717, 1.165) is 51.1 Å². The van der Waals surface area contributed by atoms with E-state index < -0.39 is 0 Å². The van der Waals surface area contributed by atoms with Gasteiger partial charge in [-0.3, -0.25) is 4.99 Å². The molecule has 0 unspecified atom stereocenters. The van der Waals surface area contributed by atoms with Gasteiger partial charge in [-0.05, 0) is 35.7 Å². The summed E-state index contributed by atoms with van der Waals surface area (Å²) in [6.45, 7) is 1.68. The van der Waals surface area contributed by atoms with Crippen molar-refractivity contribution in [2.45, 2.75) is 0 Å². The minimum Gasteiger partial charge on any atom is -0.368 e. The van der Waals surface area contributed by atoms with E-state index >= 15 is 0 Å². The molecule has 1 aromatic carbocycles. The summed E-state index contributed by atoms with van der Waals surface area (Å²) in [7, 11) is 0. The molecule has 1 aliphatic heterocycles. The van der Waals surface area contributed by atoms with E-state index in [9.17, 15) is 0 Å². The van der Waals surface area contributed by atoms with Crippen LogP contribution in [-0.4, -0.2) is 23.9 Å². The van der Waals surface area contributed by atoms with Crippen molar-refractivity contribution in [2.75, 3.05) is 18.4 Å². The number of amidine groups is 1. The fraction of sp³-hybridized carbons (Fsp3) is 0.125. The molecule has 0 aliphatic carbocycles. The SMILES string of the molecule is Clc1ccc(Nc2c(C3=NCCN3)cnc3sccc23)cc1. The highest BCUT2D eigenvalue weighted by Crippen LogP contribution is 2.32. The predicted octanol–water partition coefficient (Wildman–Crippen LogP) is 4.04. The molecule has 4 rings (SSSR count). The average Bonchev–Trinajstić information content (AvgIpc) is 3.20. The summed E-state index contributed by atoms with van der Waals surface area (Å²) in [6.07, 6.45) is 1.88. The minimum absolute atomic E-state index is 0.725. The summed E-state index contributed by atoms with van der Waals surface area (Å²) in [6, 6.07) is 9.77. The van der Waals surface area contributed by atoms with Gasteiger partial charge in [-0.15, -0.1) is 11.3 Å². The van der Waals surface area contributed by atoms with Gasteiger partial charge in [-0.1, -0.05) is 11.6 Å². The molecule has 2 N–H and O–H groups in total. The lowest BCUT2D eigenvalue weighted by Crippen LogP contribution is -2.20. The summed E-state index contributed by atoms with van der Waals surface area (Å²) in [5.41, 5.74) is 3.02. The summed E-state index contributed by atoms with van der Waals surface area (Å²) < 4.78 is 0. The molecule has 0 radical (unpaired) electrons. The maximum atomic E-state index is 5.96. The first-order valence-electron chi connectivity index (χ1n) is 6.99. The summed E-state index contributed by atoms with van der Waals surface area (Å²) in [5, 5.41) is 10.7. The molecule has 0 fully saturated rings. The van der Waals surface area contributed by atoms with E-state index in [0.29, 0.717) is 0 Å². The molecule has 0 saturated carbocycles. The normalized spacial score (nSPS) is 14.0. The Morgan fingerprint density at radius 1 is 1.18 bits per heavy atom. The highest BCUT2D eigenvalue weighted by Gasteiger charge is 2.17. The molecule has 0 saturated heterocycles. The zero-order valence-corrected chi connectivity index (χ0v) is 13.2. The lowest BCUT2D eigenvalue weighted by atomic mass is 10.1. The van der Waals surface area contributed by atoms with Crippen molar-refractivity contribution >= 4 is 50.4 Å². The Bertz CT molecular complexity index is 854. The van der Waals surface area contributed by atoms with E-state index in [1.807, 2.05) is 30.5 Å². The largest absolute Gasteiger partial charge is 0.368 e. The van der Waals surface area contributed by atoms with E-state index in [1.165, 1.54) is 0 Å².